The normalized spacial score (nSPS) is 12.3. The van der Waals surface area contributed by atoms with Crippen LogP contribution in [0, 0.1) is 5.82 Å². The van der Waals surface area contributed by atoms with Crippen molar-refractivity contribution in [2.45, 2.75) is 13.0 Å². The minimum atomic E-state index is -0.574. The maximum Gasteiger partial charge on any atom is 0.234 e. The highest BCUT2D eigenvalue weighted by atomic mass is 35.5. The third kappa shape index (κ3) is 3.07. The molecular weight excluding hydrogens is 254 g/mol. The lowest BCUT2D eigenvalue weighted by Crippen LogP contribution is -2.32. The molecule has 3 nitrogen and oxygen atoms in total. The van der Waals surface area contributed by atoms with E-state index in [-0.39, 0.29) is 17.5 Å². The number of halogens is 3. The van der Waals surface area contributed by atoms with E-state index in [1.54, 1.807) is 6.92 Å². The molecule has 0 saturated heterocycles. The standard InChI is InChI=1S/C10H11Cl2FN2O/c1-5(15-10(16)4-14)6-2-9(13)8(12)3-7(6)11/h2-3,5H,4,14H2,1H3,(H,15,16). The lowest BCUT2D eigenvalue weighted by Gasteiger charge is -2.15. The summed E-state index contributed by atoms with van der Waals surface area (Å²) in [6.07, 6.45) is 0. The van der Waals surface area contributed by atoms with Gasteiger partial charge in [0.05, 0.1) is 17.6 Å². The SMILES string of the molecule is CC(NC(=O)CN)c1cc(F)c(Cl)cc1Cl. The summed E-state index contributed by atoms with van der Waals surface area (Å²) in [5.41, 5.74) is 5.61. The number of hydrogen-bond acceptors (Lipinski definition) is 2. The van der Waals surface area contributed by atoms with Crippen molar-refractivity contribution in [2.75, 3.05) is 6.54 Å². The highest BCUT2D eigenvalue weighted by Gasteiger charge is 2.14. The predicted octanol–water partition coefficient (Wildman–Crippen LogP) is 2.27. The van der Waals surface area contributed by atoms with E-state index in [4.69, 9.17) is 28.9 Å². The van der Waals surface area contributed by atoms with E-state index in [9.17, 15) is 9.18 Å². The summed E-state index contributed by atoms with van der Waals surface area (Å²) in [6.45, 7) is 1.56. The minimum Gasteiger partial charge on any atom is -0.348 e. The summed E-state index contributed by atoms with van der Waals surface area (Å²) in [7, 11) is 0. The van der Waals surface area contributed by atoms with Crippen LogP contribution in [-0.4, -0.2) is 12.5 Å². The zero-order valence-corrected chi connectivity index (χ0v) is 10.1. The van der Waals surface area contributed by atoms with Crippen molar-refractivity contribution >= 4 is 29.1 Å². The molecule has 1 aromatic rings. The molecular formula is C10H11Cl2FN2O. The van der Waals surface area contributed by atoms with Crippen molar-refractivity contribution < 1.29 is 9.18 Å². The second-order valence-corrected chi connectivity index (χ2v) is 4.10. The molecule has 0 aliphatic rings. The third-order valence-electron chi connectivity index (χ3n) is 2.07. The van der Waals surface area contributed by atoms with Crippen LogP contribution in [0.2, 0.25) is 10.0 Å². The second-order valence-electron chi connectivity index (χ2n) is 3.28. The van der Waals surface area contributed by atoms with Crippen molar-refractivity contribution in [1.82, 2.24) is 5.32 Å². The van der Waals surface area contributed by atoms with Crippen LogP contribution in [0.1, 0.15) is 18.5 Å². The first-order chi connectivity index (χ1) is 7.45. The van der Waals surface area contributed by atoms with E-state index >= 15 is 0 Å². The number of nitrogens with two attached hydrogens (primary N) is 1. The number of carbonyl (C=O) groups excluding carboxylic acids is 1. The molecule has 1 amide bonds. The highest BCUT2D eigenvalue weighted by molar-refractivity contribution is 6.35. The van der Waals surface area contributed by atoms with E-state index in [0.29, 0.717) is 10.6 Å². The number of hydrogen-bond donors (Lipinski definition) is 2. The summed E-state index contributed by atoms with van der Waals surface area (Å²) in [5, 5.41) is 2.83. The molecule has 88 valence electrons. The Labute approximate surface area is 103 Å². The molecule has 3 N–H and O–H groups in total. The molecule has 6 heteroatoms. The van der Waals surface area contributed by atoms with Gasteiger partial charge < -0.3 is 11.1 Å². The van der Waals surface area contributed by atoms with Crippen LogP contribution in [0.4, 0.5) is 4.39 Å². The number of amides is 1. The molecule has 0 heterocycles. The largest absolute Gasteiger partial charge is 0.348 e. The topological polar surface area (TPSA) is 55.1 Å². The van der Waals surface area contributed by atoms with Gasteiger partial charge in [0.15, 0.2) is 0 Å². The van der Waals surface area contributed by atoms with Crippen LogP contribution in [-0.2, 0) is 4.79 Å². The van der Waals surface area contributed by atoms with E-state index in [0.717, 1.165) is 0 Å². The number of benzene rings is 1. The molecule has 1 aromatic carbocycles. The molecule has 0 aliphatic carbocycles. The molecule has 1 rings (SSSR count). The van der Waals surface area contributed by atoms with Crippen molar-refractivity contribution in [1.29, 1.82) is 0 Å². The molecule has 1 unspecified atom stereocenters. The quantitative estimate of drug-likeness (QED) is 0.824. The molecule has 0 saturated carbocycles. The third-order valence-corrected chi connectivity index (χ3v) is 2.69. The Morgan fingerprint density at radius 3 is 2.69 bits per heavy atom. The average molecular weight is 265 g/mol. The smallest absolute Gasteiger partial charge is 0.234 e. The van der Waals surface area contributed by atoms with Crippen LogP contribution < -0.4 is 11.1 Å². The first kappa shape index (κ1) is 13.2. The molecule has 0 aromatic heterocycles. The Morgan fingerprint density at radius 2 is 2.12 bits per heavy atom. The van der Waals surface area contributed by atoms with Gasteiger partial charge in [-0.2, -0.15) is 0 Å². The summed E-state index contributed by atoms with van der Waals surface area (Å²) >= 11 is 11.4. The zero-order chi connectivity index (χ0) is 12.3. The molecule has 0 radical (unpaired) electrons. The van der Waals surface area contributed by atoms with Crippen LogP contribution in [0.3, 0.4) is 0 Å². The van der Waals surface area contributed by atoms with E-state index in [1.807, 2.05) is 0 Å². The van der Waals surface area contributed by atoms with Crippen LogP contribution >= 0.6 is 23.2 Å². The summed E-state index contributed by atoms with van der Waals surface area (Å²) in [6, 6.07) is 2.08. The van der Waals surface area contributed by atoms with Gasteiger partial charge in [0.1, 0.15) is 5.82 Å². The fraction of sp³-hybridized carbons (Fsp3) is 0.300. The van der Waals surface area contributed by atoms with Gasteiger partial charge in [0.25, 0.3) is 0 Å². The van der Waals surface area contributed by atoms with Gasteiger partial charge in [-0.3, -0.25) is 4.79 Å². The summed E-state index contributed by atoms with van der Waals surface area (Å²) in [4.78, 5) is 11.1. The lowest BCUT2D eigenvalue weighted by atomic mass is 10.1. The van der Waals surface area contributed by atoms with Crippen LogP contribution in [0.15, 0.2) is 12.1 Å². The molecule has 0 bridgehead atoms. The van der Waals surface area contributed by atoms with Gasteiger partial charge in [-0.25, -0.2) is 4.39 Å². The zero-order valence-electron chi connectivity index (χ0n) is 8.56. The van der Waals surface area contributed by atoms with Crippen LogP contribution in [0.25, 0.3) is 0 Å². The fourth-order valence-electron chi connectivity index (χ4n) is 1.25. The van der Waals surface area contributed by atoms with Crippen LogP contribution in [0.5, 0.6) is 0 Å². The van der Waals surface area contributed by atoms with Gasteiger partial charge >= 0.3 is 0 Å². The molecule has 16 heavy (non-hydrogen) atoms. The van der Waals surface area contributed by atoms with E-state index in [1.165, 1.54) is 12.1 Å². The van der Waals surface area contributed by atoms with Crippen molar-refractivity contribution in [3.05, 3.63) is 33.6 Å². The average Bonchev–Trinajstić information content (AvgIpc) is 2.23. The summed E-state index contributed by atoms with van der Waals surface area (Å²) in [5.74, 6) is -0.908. The first-order valence-electron chi connectivity index (χ1n) is 4.59. The molecule has 0 fully saturated rings. The number of rotatable bonds is 3. The van der Waals surface area contributed by atoms with Gasteiger partial charge in [0, 0.05) is 5.02 Å². The van der Waals surface area contributed by atoms with Crippen molar-refractivity contribution in [2.24, 2.45) is 5.73 Å². The van der Waals surface area contributed by atoms with Gasteiger partial charge in [0.2, 0.25) is 5.91 Å². The molecule has 1 atom stereocenters. The monoisotopic (exact) mass is 264 g/mol. The first-order valence-corrected chi connectivity index (χ1v) is 5.35. The highest BCUT2D eigenvalue weighted by Crippen LogP contribution is 2.28. The Balaban J connectivity index is 2.95. The number of nitrogens with one attached hydrogen (secondary N) is 1. The second kappa shape index (κ2) is 5.48. The van der Waals surface area contributed by atoms with E-state index < -0.39 is 11.9 Å². The van der Waals surface area contributed by atoms with E-state index in [2.05, 4.69) is 5.32 Å². The Bertz CT molecular complexity index is 412. The minimum absolute atomic E-state index is 0.0499. The Kier molecular flexibility index (Phi) is 4.53. The van der Waals surface area contributed by atoms with Crippen molar-refractivity contribution in [3.8, 4) is 0 Å². The lowest BCUT2D eigenvalue weighted by molar-refractivity contribution is -0.120. The maximum atomic E-state index is 13.2. The molecule has 0 aliphatic heterocycles. The fourth-order valence-corrected chi connectivity index (χ4v) is 1.79. The molecule has 0 spiro atoms. The van der Waals surface area contributed by atoms with Crippen molar-refractivity contribution in [3.63, 3.8) is 0 Å². The number of carbonyl (C=O) groups is 1. The Hall–Kier alpha value is -0.840. The predicted molar refractivity (Wildman–Crippen MR) is 62.0 cm³/mol. The Morgan fingerprint density at radius 1 is 1.50 bits per heavy atom. The summed E-state index contributed by atoms with van der Waals surface area (Å²) < 4.78 is 13.2. The van der Waals surface area contributed by atoms with Gasteiger partial charge in [-0.05, 0) is 24.6 Å². The van der Waals surface area contributed by atoms with Gasteiger partial charge in [-0.1, -0.05) is 23.2 Å². The van der Waals surface area contributed by atoms with Gasteiger partial charge in [-0.15, -0.1) is 0 Å². The maximum absolute atomic E-state index is 13.2.